The number of carboxylic acid groups (broad SMARTS) is 1. The molecule has 1 aromatic carbocycles. The van der Waals surface area contributed by atoms with E-state index in [4.69, 9.17) is 11.6 Å². The van der Waals surface area contributed by atoms with Crippen LogP contribution in [0.3, 0.4) is 0 Å². The summed E-state index contributed by atoms with van der Waals surface area (Å²) in [4.78, 5) is 15.4. The SMILES string of the molecule is O=C(O)c1cnn(-c2ccc(Cl)cc2)c1-c1ccncc1. The maximum atomic E-state index is 11.4. The Bertz CT molecular complexity index is 782. The highest BCUT2D eigenvalue weighted by atomic mass is 35.5. The van der Waals surface area contributed by atoms with Crippen LogP contribution in [0.25, 0.3) is 16.9 Å². The van der Waals surface area contributed by atoms with Gasteiger partial charge in [0.05, 0.1) is 17.6 Å². The molecule has 0 saturated heterocycles. The third-order valence-corrected chi connectivity index (χ3v) is 3.28. The van der Waals surface area contributed by atoms with E-state index in [-0.39, 0.29) is 5.56 Å². The van der Waals surface area contributed by atoms with Crippen LogP contribution in [-0.2, 0) is 0 Å². The highest BCUT2D eigenvalue weighted by molar-refractivity contribution is 6.30. The molecule has 0 amide bonds. The molecular weight excluding hydrogens is 290 g/mol. The second kappa shape index (κ2) is 5.38. The molecule has 5 nitrogen and oxygen atoms in total. The fourth-order valence-corrected chi connectivity index (χ4v) is 2.20. The van der Waals surface area contributed by atoms with E-state index >= 15 is 0 Å². The molecule has 0 bridgehead atoms. The zero-order valence-corrected chi connectivity index (χ0v) is 11.5. The maximum Gasteiger partial charge on any atom is 0.339 e. The lowest BCUT2D eigenvalue weighted by Gasteiger charge is -2.08. The van der Waals surface area contributed by atoms with E-state index in [1.807, 2.05) is 0 Å². The van der Waals surface area contributed by atoms with E-state index in [1.54, 1.807) is 53.5 Å². The predicted octanol–water partition coefficient (Wildman–Crippen LogP) is 3.29. The normalized spacial score (nSPS) is 10.5. The molecule has 0 atom stereocenters. The van der Waals surface area contributed by atoms with Crippen LogP contribution in [0.5, 0.6) is 0 Å². The number of hydrogen-bond acceptors (Lipinski definition) is 3. The van der Waals surface area contributed by atoms with Gasteiger partial charge in [-0.3, -0.25) is 4.98 Å². The Morgan fingerprint density at radius 3 is 2.38 bits per heavy atom. The first-order valence-electron chi connectivity index (χ1n) is 6.14. The summed E-state index contributed by atoms with van der Waals surface area (Å²) in [6.07, 6.45) is 4.56. The van der Waals surface area contributed by atoms with Crippen molar-refractivity contribution in [2.24, 2.45) is 0 Å². The van der Waals surface area contributed by atoms with Crippen molar-refractivity contribution in [3.05, 3.63) is 65.6 Å². The molecule has 2 aromatic heterocycles. The van der Waals surface area contributed by atoms with Gasteiger partial charge in [0.2, 0.25) is 0 Å². The molecule has 104 valence electrons. The van der Waals surface area contributed by atoms with Crippen LogP contribution in [0.1, 0.15) is 10.4 Å². The van der Waals surface area contributed by atoms with E-state index in [0.717, 1.165) is 11.3 Å². The Morgan fingerprint density at radius 1 is 1.10 bits per heavy atom. The molecule has 0 spiro atoms. The summed E-state index contributed by atoms with van der Waals surface area (Å²) in [5, 5.41) is 14.1. The number of rotatable bonds is 3. The van der Waals surface area contributed by atoms with Gasteiger partial charge in [0, 0.05) is 23.0 Å². The lowest BCUT2D eigenvalue weighted by Crippen LogP contribution is -2.02. The van der Waals surface area contributed by atoms with Crippen molar-refractivity contribution in [2.75, 3.05) is 0 Å². The first kappa shape index (κ1) is 13.3. The number of aromatic carboxylic acids is 1. The molecule has 3 aromatic rings. The van der Waals surface area contributed by atoms with Crippen molar-refractivity contribution in [2.45, 2.75) is 0 Å². The summed E-state index contributed by atoms with van der Waals surface area (Å²) in [6, 6.07) is 10.5. The Morgan fingerprint density at radius 2 is 1.76 bits per heavy atom. The molecule has 21 heavy (non-hydrogen) atoms. The van der Waals surface area contributed by atoms with Gasteiger partial charge in [-0.25, -0.2) is 9.48 Å². The third-order valence-electron chi connectivity index (χ3n) is 3.02. The molecule has 2 heterocycles. The third kappa shape index (κ3) is 2.51. The van der Waals surface area contributed by atoms with Crippen molar-refractivity contribution in [1.29, 1.82) is 0 Å². The van der Waals surface area contributed by atoms with E-state index in [2.05, 4.69) is 10.1 Å². The van der Waals surface area contributed by atoms with Crippen molar-refractivity contribution in [1.82, 2.24) is 14.8 Å². The highest BCUT2D eigenvalue weighted by Gasteiger charge is 2.19. The monoisotopic (exact) mass is 299 g/mol. The van der Waals surface area contributed by atoms with Gasteiger partial charge in [0.1, 0.15) is 5.56 Å². The van der Waals surface area contributed by atoms with Gasteiger partial charge in [0.15, 0.2) is 0 Å². The maximum absolute atomic E-state index is 11.4. The van der Waals surface area contributed by atoms with Crippen LogP contribution in [0.2, 0.25) is 5.02 Å². The van der Waals surface area contributed by atoms with Gasteiger partial charge in [0.25, 0.3) is 0 Å². The molecule has 0 unspecified atom stereocenters. The van der Waals surface area contributed by atoms with Crippen LogP contribution in [0, 0.1) is 0 Å². The van der Waals surface area contributed by atoms with Crippen molar-refractivity contribution >= 4 is 17.6 Å². The average molecular weight is 300 g/mol. The molecule has 0 saturated carbocycles. The van der Waals surface area contributed by atoms with Gasteiger partial charge >= 0.3 is 5.97 Å². The minimum absolute atomic E-state index is 0.135. The smallest absolute Gasteiger partial charge is 0.339 e. The lowest BCUT2D eigenvalue weighted by atomic mass is 10.1. The topological polar surface area (TPSA) is 68.0 Å². The standard InChI is InChI=1S/C15H10ClN3O2/c16-11-1-3-12(4-2-11)19-14(10-5-7-17-8-6-10)13(9-18-19)15(20)21/h1-9H,(H,20,21). The van der Waals surface area contributed by atoms with Crippen LogP contribution in [-0.4, -0.2) is 25.8 Å². The molecule has 0 fully saturated rings. The molecule has 0 aliphatic heterocycles. The van der Waals surface area contributed by atoms with E-state index < -0.39 is 5.97 Å². The van der Waals surface area contributed by atoms with Crippen LogP contribution < -0.4 is 0 Å². The number of carboxylic acids is 1. The first-order chi connectivity index (χ1) is 10.2. The number of pyridine rings is 1. The number of carbonyl (C=O) groups is 1. The minimum atomic E-state index is -1.03. The summed E-state index contributed by atoms with van der Waals surface area (Å²) in [6.45, 7) is 0. The Hall–Kier alpha value is -2.66. The molecule has 0 radical (unpaired) electrons. The van der Waals surface area contributed by atoms with Gasteiger partial charge in [-0.05, 0) is 36.4 Å². The van der Waals surface area contributed by atoms with Crippen molar-refractivity contribution in [3.8, 4) is 16.9 Å². The molecule has 3 rings (SSSR count). The largest absolute Gasteiger partial charge is 0.478 e. The lowest BCUT2D eigenvalue weighted by molar-refractivity contribution is 0.0697. The van der Waals surface area contributed by atoms with Gasteiger partial charge < -0.3 is 5.11 Å². The highest BCUT2D eigenvalue weighted by Crippen LogP contribution is 2.26. The number of aromatic nitrogens is 3. The Kier molecular flexibility index (Phi) is 3.41. The summed E-state index contributed by atoms with van der Waals surface area (Å²) in [7, 11) is 0. The zero-order valence-electron chi connectivity index (χ0n) is 10.8. The quantitative estimate of drug-likeness (QED) is 0.806. The number of hydrogen-bond donors (Lipinski definition) is 1. The average Bonchev–Trinajstić information content (AvgIpc) is 2.94. The Balaban J connectivity index is 2.22. The number of benzene rings is 1. The zero-order chi connectivity index (χ0) is 14.8. The van der Waals surface area contributed by atoms with Crippen LogP contribution >= 0.6 is 11.6 Å². The summed E-state index contributed by atoms with van der Waals surface area (Å²) in [5.74, 6) is -1.03. The molecule has 6 heteroatoms. The summed E-state index contributed by atoms with van der Waals surface area (Å²) in [5.41, 5.74) is 2.11. The van der Waals surface area contributed by atoms with Gasteiger partial charge in [-0.15, -0.1) is 0 Å². The van der Waals surface area contributed by atoms with E-state index in [0.29, 0.717) is 10.7 Å². The summed E-state index contributed by atoms with van der Waals surface area (Å²) >= 11 is 5.88. The minimum Gasteiger partial charge on any atom is -0.478 e. The number of nitrogens with zero attached hydrogens (tertiary/aromatic N) is 3. The molecule has 0 aliphatic carbocycles. The summed E-state index contributed by atoms with van der Waals surface area (Å²) < 4.78 is 1.58. The molecular formula is C15H10ClN3O2. The van der Waals surface area contributed by atoms with Gasteiger partial charge in [-0.1, -0.05) is 11.6 Å². The molecule has 1 N–H and O–H groups in total. The van der Waals surface area contributed by atoms with E-state index in [1.165, 1.54) is 6.20 Å². The first-order valence-corrected chi connectivity index (χ1v) is 6.52. The van der Waals surface area contributed by atoms with Crippen LogP contribution in [0.15, 0.2) is 55.0 Å². The van der Waals surface area contributed by atoms with Crippen molar-refractivity contribution in [3.63, 3.8) is 0 Å². The van der Waals surface area contributed by atoms with Gasteiger partial charge in [-0.2, -0.15) is 5.10 Å². The second-order valence-electron chi connectivity index (χ2n) is 4.34. The molecule has 0 aliphatic rings. The van der Waals surface area contributed by atoms with Crippen molar-refractivity contribution < 1.29 is 9.90 Å². The van der Waals surface area contributed by atoms with Crippen LogP contribution in [0.4, 0.5) is 0 Å². The Labute approximate surface area is 125 Å². The predicted molar refractivity (Wildman–Crippen MR) is 78.8 cm³/mol. The number of halogens is 1. The second-order valence-corrected chi connectivity index (χ2v) is 4.77. The van der Waals surface area contributed by atoms with E-state index in [9.17, 15) is 9.90 Å². The fraction of sp³-hybridized carbons (Fsp3) is 0. The fourth-order valence-electron chi connectivity index (χ4n) is 2.07.